The highest BCUT2D eigenvalue weighted by Gasteiger charge is 2.49. The van der Waals surface area contributed by atoms with Crippen LogP contribution in [0, 0.1) is 0 Å². The van der Waals surface area contributed by atoms with Crippen LogP contribution in [0.2, 0.25) is 0 Å². The summed E-state index contributed by atoms with van der Waals surface area (Å²) in [6.07, 6.45) is 0.940. The number of rotatable bonds is 6. The Hall–Kier alpha value is -3.55. The smallest absolute Gasteiger partial charge is 0.325 e. The Bertz CT molecular complexity index is 1040. The van der Waals surface area contributed by atoms with Crippen LogP contribution >= 0.6 is 0 Å². The van der Waals surface area contributed by atoms with Crippen molar-refractivity contribution in [2.75, 3.05) is 13.3 Å². The van der Waals surface area contributed by atoms with E-state index in [1.54, 1.807) is 25.1 Å². The molecule has 0 unspecified atom stereocenters. The molecule has 1 fully saturated rings. The Morgan fingerprint density at radius 1 is 1.16 bits per heavy atom. The van der Waals surface area contributed by atoms with Crippen molar-refractivity contribution in [3.63, 3.8) is 0 Å². The third-order valence-corrected chi connectivity index (χ3v) is 5.79. The number of urea groups is 1. The van der Waals surface area contributed by atoms with Crippen LogP contribution in [0.25, 0.3) is 0 Å². The van der Waals surface area contributed by atoms with Crippen LogP contribution in [-0.2, 0) is 21.5 Å². The number of nitrogens with zero attached hydrogens (tertiary/aromatic N) is 1. The molecule has 2 aliphatic rings. The van der Waals surface area contributed by atoms with Crippen molar-refractivity contribution in [1.82, 2.24) is 15.5 Å². The zero-order valence-corrected chi connectivity index (χ0v) is 17.7. The molecule has 31 heavy (non-hydrogen) atoms. The van der Waals surface area contributed by atoms with Crippen LogP contribution in [0.5, 0.6) is 11.5 Å². The summed E-state index contributed by atoms with van der Waals surface area (Å²) >= 11 is 0. The molecule has 8 heteroatoms. The number of aryl methyl sites for hydroxylation is 1. The molecule has 2 N–H and O–H groups in total. The van der Waals surface area contributed by atoms with Crippen molar-refractivity contribution in [2.24, 2.45) is 0 Å². The molecule has 0 aliphatic carbocycles. The highest BCUT2D eigenvalue weighted by Crippen LogP contribution is 2.37. The first-order valence-electron chi connectivity index (χ1n) is 10.2. The van der Waals surface area contributed by atoms with Crippen LogP contribution in [0.15, 0.2) is 42.5 Å². The SMILES string of the molecule is CCc1ccc([C@H](C)NC(=O)CN2C(=O)N[C@@](C)(c3ccc4c(c3)OCO4)C2=O)cc1. The summed E-state index contributed by atoms with van der Waals surface area (Å²) in [5.41, 5.74) is 1.43. The molecule has 0 saturated carbocycles. The average molecular weight is 423 g/mol. The third-order valence-electron chi connectivity index (χ3n) is 5.79. The molecule has 0 aromatic heterocycles. The molecule has 2 aliphatic heterocycles. The lowest BCUT2D eigenvalue weighted by atomic mass is 9.91. The first-order valence-corrected chi connectivity index (χ1v) is 10.2. The van der Waals surface area contributed by atoms with Gasteiger partial charge in [0.2, 0.25) is 12.7 Å². The minimum absolute atomic E-state index is 0.113. The monoisotopic (exact) mass is 423 g/mol. The highest BCUT2D eigenvalue weighted by molar-refractivity contribution is 6.09. The second-order valence-electron chi connectivity index (χ2n) is 7.90. The fraction of sp³-hybridized carbons (Fsp3) is 0.348. The van der Waals surface area contributed by atoms with Crippen molar-refractivity contribution in [3.05, 3.63) is 59.2 Å². The maximum absolute atomic E-state index is 13.1. The zero-order chi connectivity index (χ0) is 22.2. The molecule has 0 bridgehead atoms. The topological polar surface area (TPSA) is 97.0 Å². The number of benzene rings is 2. The number of fused-ring (bicyclic) bond motifs is 1. The average Bonchev–Trinajstić information content (AvgIpc) is 3.32. The van der Waals surface area contributed by atoms with Gasteiger partial charge in [-0.1, -0.05) is 37.3 Å². The Kier molecular flexibility index (Phi) is 5.31. The summed E-state index contributed by atoms with van der Waals surface area (Å²) < 4.78 is 10.7. The molecule has 2 aromatic carbocycles. The van der Waals surface area contributed by atoms with E-state index < -0.39 is 23.4 Å². The van der Waals surface area contributed by atoms with E-state index in [1.165, 1.54) is 5.56 Å². The molecule has 8 nitrogen and oxygen atoms in total. The van der Waals surface area contributed by atoms with Gasteiger partial charge in [-0.15, -0.1) is 0 Å². The Labute approximate surface area is 180 Å². The maximum atomic E-state index is 13.1. The van der Waals surface area contributed by atoms with Crippen LogP contribution < -0.4 is 20.1 Å². The standard InChI is InChI=1S/C23H25N3O5/c1-4-15-5-7-16(8-6-15)14(2)24-20(27)12-26-21(28)23(3,25-22(26)29)17-9-10-18-19(11-17)31-13-30-18/h5-11,14H,4,12-13H2,1-3H3,(H,24,27)(H,25,29)/t14-,23-/m0/s1. The lowest BCUT2D eigenvalue weighted by Gasteiger charge is -2.22. The summed E-state index contributed by atoms with van der Waals surface area (Å²) in [6.45, 7) is 5.31. The van der Waals surface area contributed by atoms with E-state index >= 15 is 0 Å². The lowest BCUT2D eigenvalue weighted by Crippen LogP contribution is -2.43. The van der Waals surface area contributed by atoms with Crippen molar-refractivity contribution in [3.8, 4) is 11.5 Å². The summed E-state index contributed by atoms with van der Waals surface area (Å²) in [7, 11) is 0. The minimum Gasteiger partial charge on any atom is -0.454 e. The number of ether oxygens (including phenoxy) is 2. The van der Waals surface area contributed by atoms with Crippen molar-refractivity contribution >= 4 is 17.8 Å². The molecule has 4 rings (SSSR count). The molecule has 0 spiro atoms. The molecular formula is C23H25N3O5. The van der Waals surface area contributed by atoms with Crippen LogP contribution in [0.1, 0.15) is 43.5 Å². The van der Waals surface area contributed by atoms with Gasteiger partial charge in [0, 0.05) is 0 Å². The second-order valence-corrected chi connectivity index (χ2v) is 7.90. The summed E-state index contributed by atoms with van der Waals surface area (Å²) in [6, 6.07) is 12.2. The molecular weight excluding hydrogens is 398 g/mol. The van der Waals surface area contributed by atoms with Gasteiger partial charge in [0.15, 0.2) is 11.5 Å². The number of hydrogen-bond acceptors (Lipinski definition) is 5. The normalized spacial score (nSPS) is 20.5. The van der Waals surface area contributed by atoms with Crippen molar-refractivity contribution in [1.29, 1.82) is 0 Å². The predicted octanol–water partition coefficient (Wildman–Crippen LogP) is 2.62. The van der Waals surface area contributed by atoms with E-state index in [1.807, 2.05) is 31.2 Å². The lowest BCUT2D eigenvalue weighted by molar-refractivity contribution is -0.135. The summed E-state index contributed by atoms with van der Waals surface area (Å²) in [5.74, 6) is 0.193. The fourth-order valence-electron chi connectivity index (χ4n) is 3.80. The van der Waals surface area contributed by atoms with E-state index in [-0.39, 0.29) is 19.4 Å². The fourth-order valence-corrected chi connectivity index (χ4v) is 3.80. The van der Waals surface area contributed by atoms with Gasteiger partial charge < -0.3 is 20.1 Å². The Morgan fingerprint density at radius 3 is 2.58 bits per heavy atom. The zero-order valence-electron chi connectivity index (χ0n) is 17.7. The predicted molar refractivity (Wildman–Crippen MR) is 113 cm³/mol. The molecule has 162 valence electrons. The number of carbonyl (C=O) groups excluding carboxylic acids is 3. The first-order chi connectivity index (χ1) is 14.8. The minimum atomic E-state index is -1.29. The van der Waals surface area contributed by atoms with E-state index in [4.69, 9.17) is 9.47 Å². The largest absolute Gasteiger partial charge is 0.454 e. The highest BCUT2D eigenvalue weighted by atomic mass is 16.7. The molecule has 2 aromatic rings. The van der Waals surface area contributed by atoms with Gasteiger partial charge in [-0.3, -0.25) is 14.5 Å². The van der Waals surface area contributed by atoms with Crippen molar-refractivity contribution in [2.45, 2.75) is 38.8 Å². The van der Waals surface area contributed by atoms with E-state index in [0.717, 1.165) is 16.9 Å². The van der Waals surface area contributed by atoms with Crippen molar-refractivity contribution < 1.29 is 23.9 Å². The van der Waals surface area contributed by atoms with E-state index in [0.29, 0.717) is 17.1 Å². The number of nitrogens with one attached hydrogen (secondary N) is 2. The van der Waals surface area contributed by atoms with E-state index in [2.05, 4.69) is 17.6 Å². The Morgan fingerprint density at radius 2 is 1.87 bits per heavy atom. The summed E-state index contributed by atoms with van der Waals surface area (Å²) in [4.78, 5) is 39.1. The van der Waals surface area contributed by atoms with Gasteiger partial charge in [0.25, 0.3) is 5.91 Å². The number of carbonyl (C=O) groups is 3. The molecule has 4 amide bonds. The van der Waals surface area contributed by atoms with Crippen LogP contribution in [-0.4, -0.2) is 36.1 Å². The van der Waals surface area contributed by atoms with E-state index in [9.17, 15) is 14.4 Å². The van der Waals surface area contributed by atoms with Gasteiger partial charge in [0.05, 0.1) is 6.04 Å². The van der Waals surface area contributed by atoms with Gasteiger partial charge in [0.1, 0.15) is 12.1 Å². The number of imide groups is 1. The van der Waals surface area contributed by atoms with Crippen LogP contribution in [0.3, 0.4) is 0 Å². The maximum Gasteiger partial charge on any atom is 0.325 e. The third kappa shape index (κ3) is 3.81. The Balaban J connectivity index is 1.44. The quantitative estimate of drug-likeness (QED) is 0.697. The van der Waals surface area contributed by atoms with Gasteiger partial charge in [-0.25, -0.2) is 4.79 Å². The van der Waals surface area contributed by atoms with Gasteiger partial charge in [-0.05, 0) is 49.1 Å². The van der Waals surface area contributed by atoms with Crippen LogP contribution in [0.4, 0.5) is 4.79 Å². The first kappa shape index (κ1) is 20.7. The van der Waals surface area contributed by atoms with Gasteiger partial charge >= 0.3 is 6.03 Å². The number of amides is 4. The van der Waals surface area contributed by atoms with Gasteiger partial charge in [-0.2, -0.15) is 0 Å². The molecule has 0 radical (unpaired) electrons. The number of hydrogen-bond donors (Lipinski definition) is 2. The molecule has 2 atom stereocenters. The summed E-state index contributed by atoms with van der Waals surface area (Å²) in [5, 5.41) is 5.56. The molecule has 2 heterocycles. The molecule has 1 saturated heterocycles. The second kappa shape index (κ2) is 7.94.